The highest BCUT2D eigenvalue weighted by molar-refractivity contribution is 6.00. The lowest BCUT2D eigenvalue weighted by atomic mass is 10.1. The van der Waals surface area contributed by atoms with Crippen LogP contribution in [-0.4, -0.2) is 17.9 Å². The molecular weight excluding hydrogens is 276 g/mol. The molecule has 2 aromatic rings. The zero-order valence-corrected chi connectivity index (χ0v) is 12.4. The zero-order chi connectivity index (χ0) is 15.9. The van der Waals surface area contributed by atoms with E-state index in [1.54, 1.807) is 12.1 Å². The van der Waals surface area contributed by atoms with Crippen molar-refractivity contribution in [1.29, 1.82) is 0 Å². The Morgan fingerprint density at radius 3 is 2.59 bits per heavy atom. The van der Waals surface area contributed by atoms with Gasteiger partial charge in [0.05, 0.1) is 0 Å². The van der Waals surface area contributed by atoms with Crippen LogP contribution in [0.3, 0.4) is 0 Å². The minimum absolute atomic E-state index is 0.284. The van der Waals surface area contributed by atoms with Crippen LogP contribution in [0, 0.1) is 0 Å². The summed E-state index contributed by atoms with van der Waals surface area (Å²) < 4.78 is 0. The second-order valence-electron chi connectivity index (χ2n) is 5.21. The van der Waals surface area contributed by atoms with Gasteiger partial charge in [-0.1, -0.05) is 36.4 Å². The third kappa shape index (κ3) is 3.95. The van der Waals surface area contributed by atoms with Crippen LogP contribution >= 0.6 is 0 Å². The molecule has 2 amide bonds. The molecule has 0 saturated heterocycles. The molecule has 22 heavy (non-hydrogen) atoms. The molecule has 2 aromatic carbocycles. The van der Waals surface area contributed by atoms with Gasteiger partial charge >= 0.3 is 0 Å². The highest BCUT2D eigenvalue weighted by Crippen LogP contribution is 2.16. The monoisotopic (exact) mass is 296 g/mol. The van der Waals surface area contributed by atoms with Crippen molar-refractivity contribution in [1.82, 2.24) is 5.32 Å². The van der Waals surface area contributed by atoms with Crippen molar-refractivity contribution in [2.75, 3.05) is 0 Å². The third-order valence-corrected chi connectivity index (χ3v) is 3.56. The van der Waals surface area contributed by atoms with E-state index in [4.69, 9.17) is 5.73 Å². The molecule has 3 N–H and O–H groups in total. The summed E-state index contributed by atoms with van der Waals surface area (Å²) in [5.41, 5.74) is 5.88. The van der Waals surface area contributed by atoms with Crippen molar-refractivity contribution in [3.8, 4) is 0 Å². The Morgan fingerprint density at radius 2 is 1.91 bits per heavy atom. The first kappa shape index (κ1) is 15.8. The van der Waals surface area contributed by atoms with Crippen LogP contribution in [-0.2, 0) is 4.79 Å². The normalized spacial score (nSPS) is 11.8. The smallest absolute Gasteiger partial charge is 0.251 e. The molecule has 0 aromatic heterocycles. The van der Waals surface area contributed by atoms with Crippen LogP contribution < -0.4 is 11.1 Å². The molecule has 4 heteroatoms. The van der Waals surface area contributed by atoms with Crippen LogP contribution in [0.15, 0.2) is 55.1 Å². The van der Waals surface area contributed by atoms with Crippen LogP contribution in [0.2, 0.25) is 0 Å². The first-order valence-electron chi connectivity index (χ1n) is 7.31. The van der Waals surface area contributed by atoms with Crippen molar-refractivity contribution < 1.29 is 9.59 Å². The number of nitrogens with two attached hydrogens (primary N) is 1. The van der Waals surface area contributed by atoms with E-state index in [1.165, 1.54) is 0 Å². The molecule has 0 radical (unpaired) electrons. The van der Waals surface area contributed by atoms with E-state index in [2.05, 4.69) is 11.9 Å². The summed E-state index contributed by atoms with van der Waals surface area (Å²) in [5.74, 6) is -0.800. The Kier molecular flexibility index (Phi) is 5.31. The number of unbranched alkanes of at least 4 members (excludes halogenated alkanes) is 1. The summed E-state index contributed by atoms with van der Waals surface area (Å²) in [6.07, 6.45) is 3.84. The fourth-order valence-corrected chi connectivity index (χ4v) is 2.32. The number of hydrogen-bond acceptors (Lipinski definition) is 2. The van der Waals surface area contributed by atoms with E-state index < -0.39 is 11.9 Å². The number of nitrogens with one attached hydrogen (secondary N) is 1. The van der Waals surface area contributed by atoms with E-state index in [-0.39, 0.29) is 5.91 Å². The highest BCUT2D eigenvalue weighted by Gasteiger charge is 2.18. The van der Waals surface area contributed by atoms with Crippen LogP contribution in [0.5, 0.6) is 0 Å². The molecule has 4 nitrogen and oxygen atoms in total. The molecule has 2 rings (SSSR count). The Balaban J connectivity index is 2.10. The van der Waals surface area contributed by atoms with Crippen molar-refractivity contribution >= 4 is 22.6 Å². The summed E-state index contributed by atoms with van der Waals surface area (Å²) >= 11 is 0. The third-order valence-electron chi connectivity index (χ3n) is 3.56. The summed E-state index contributed by atoms with van der Waals surface area (Å²) in [6.45, 7) is 3.64. The number of rotatable bonds is 7. The van der Waals surface area contributed by atoms with Gasteiger partial charge in [0.2, 0.25) is 5.91 Å². The van der Waals surface area contributed by atoms with Gasteiger partial charge < -0.3 is 11.1 Å². The van der Waals surface area contributed by atoms with Gasteiger partial charge in [0.15, 0.2) is 0 Å². The summed E-state index contributed by atoms with van der Waals surface area (Å²) in [5, 5.41) is 4.76. The highest BCUT2D eigenvalue weighted by atomic mass is 16.2. The van der Waals surface area contributed by atoms with Gasteiger partial charge in [0, 0.05) is 5.56 Å². The van der Waals surface area contributed by atoms with Gasteiger partial charge in [0.25, 0.3) is 5.91 Å². The maximum Gasteiger partial charge on any atom is 0.251 e. The Labute approximate surface area is 130 Å². The largest absolute Gasteiger partial charge is 0.368 e. The molecule has 0 aliphatic rings. The number of carbonyl (C=O) groups excluding carboxylic acids is 2. The number of fused-ring (bicyclic) bond motifs is 1. The van der Waals surface area contributed by atoms with E-state index >= 15 is 0 Å². The maximum absolute atomic E-state index is 12.3. The molecule has 0 spiro atoms. The van der Waals surface area contributed by atoms with E-state index in [0.29, 0.717) is 12.0 Å². The molecule has 0 heterocycles. The Bertz CT molecular complexity index is 694. The number of amides is 2. The lowest BCUT2D eigenvalue weighted by Gasteiger charge is -2.15. The van der Waals surface area contributed by atoms with Gasteiger partial charge in [0.1, 0.15) is 6.04 Å². The minimum Gasteiger partial charge on any atom is -0.368 e. The fraction of sp³-hybridized carbons (Fsp3) is 0.222. The van der Waals surface area contributed by atoms with Crippen LogP contribution in [0.1, 0.15) is 29.6 Å². The average Bonchev–Trinajstić information content (AvgIpc) is 2.53. The number of hydrogen-bond donors (Lipinski definition) is 2. The van der Waals surface area contributed by atoms with E-state index in [0.717, 1.165) is 23.6 Å². The van der Waals surface area contributed by atoms with Crippen molar-refractivity contribution in [2.45, 2.75) is 25.3 Å². The van der Waals surface area contributed by atoms with Crippen molar-refractivity contribution in [2.24, 2.45) is 5.73 Å². The molecule has 0 aliphatic carbocycles. The Morgan fingerprint density at radius 1 is 1.18 bits per heavy atom. The topological polar surface area (TPSA) is 72.2 Å². The Hall–Kier alpha value is -2.62. The minimum atomic E-state index is -0.654. The molecule has 0 aliphatic heterocycles. The molecule has 0 bridgehead atoms. The molecule has 0 fully saturated rings. The van der Waals surface area contributed by atoms with Gasteiger partial charge in [-0.3, -0.25) is 9.59 Å². The number of primary amides is 1. The van der Waals surface area contributed by atoms with Gasteiger partial charge in [-0.25, -0.2) is 0 Å². The number of allylic oxidation sites excluding steroid dienone is 1. The van der Waals surface area contributed by atoms with Crippen molar-refractivity contribution in [3.05, 3.63) is 60.7 Å². The first-order chi connectivity index (χ1) is 10.6. The first-order valence-corrected chi connectivity index (χ1v) is 7.31. The standard InChI is InChI=1S/C18H20N2O2/c1-2-3-4-9-16(17(19)21)20-18(22)15-11-10-13-7-5-6-8-14(13)12-15/h2,5-8,10-12,16H,1,3-4,9H2,(H2,19,21)(H,20,22)/t16-/m0/s1. The molecule has 1 atom stereocenters. The molecular formula is C18H20N2O2. The second kappa shape index (κ2) is 7.41. The summed E-state index contributed by atoms with van der Waals surface area (Å²) in [7, 11) is 0. The zero-order valence-electron chi connectivity index (χ0n) is 12.4. The van der Waals surface area contributed by atoms with Crippen LogP contribution in [0.25, 0.3) is 10.8 Å². The summed E-state index contributed by atoms with van der Waals surface area (Å²) in [6, 6.07) is 12.6. The molecule has 0 unspecified atom stereocenters. The SMILES string of the molecule is C=CCCC[C@H](NC(=O)c1ccc2ccccc2c1)C(N)=O. The average molecular weight is 296 g/mol. The van der Waals surface area contributed by atoms with Crippen molar-refractivity contribution in [3.63, 3.8) is 0 Å². The predicted molar refractivity (Wildman–Crippen MR) is 88.4 cm³/mol. The molecule has 0 saturated carbocycles. The van der Waals surface area contributed by atoms with Gasteiger partial charge in [-0.2, -0.15) is 0 Å². The number of carbonyl (C=O) groups is 2. The molecule has 114 valence electrons. The maximum atomic E-state index is 12.3. The number of benzene rings is 2. The van der Waals surface area contributed by atoms with E-state index in [1.807, 2.05) is 36.4 Å². The van der Waals surface area contributed by atoms with E-state index in [9.17, 15) is 9.59 Å². The fourth-order valence-electron chi connectivity index (χ4n) is 2.32. The van der Waals surface area contributed by atoms with Crippen LogP contribution in [0.4, 0.5) is 0 Å². The van der Waals surface area contributed by atoms with Gasteiger partial charge in [-0.05, 0) is 42.2 Å². The van der Waals surface area contributed by atoms with Gasteiger partial charge in [-0.15, -0.1) is 6.58 Å². The summed E-state index contributed by atoms with van der Waals surface area (Å²) in [4.78, 5) is 23.8. The second-order valence-corrected chi connectivity index (χ2v) is 5.21. The lowest BCUT2D eigenvalue weighted by molar-refractivity contribution is -0.120. The lowest BCUT2D eigenvalue weighted by Crippen LogP contribution is -2.44. The quantitative estimate of drug-likeness (QED) is 0.609. The predicted octanol–water partition coefficient (Wildman–Crippen LogP) is 2.78.